The number of benzene rings is 1. The monoisotopic (exact) mass is 260 g/mol. The standard InChI is InChI=1S/C12H14Cl2O2/c1-8(6-12-15-4-5-16-12)10-3-2-9(13)7-11(10)14/h2-3,7-8,12H,4-6H2,1H3. The molecule has 16 heavy (non-hydrogen) atoms. The molecule has 1 heterocycles. The topological polar surface area (TPSA) is 18.5 Å². The van der Waals surface area contributed by atoms with Gasteiger partial charge in [-0.1, -0.05) is 36.2 Å². The third-order valence-electron chi connectivity index (χ3n) is 2.73. The molecule has 1 fully saturated rings. The fourth-order valence-corrected chi connectivity index (χ4v) is 2.45. The van der Waals surface area contributed by atoms with Crippen molar-refractivity contribution in [1.29, 1.82) is 0 Å². The van der Waals surface area contributed by atoms with Crippen molar-refractivity contribution >= 4 is 23.2 Å². The summed E-state index contributed by atoms with van der Waals surface area (Å²) in [6.45, 7) is 3.48. The highest BCUT2D eigenvalue weighted by Gasteiger charge is 2.21. The molecule has 0 bridgehead atoms. The van der Waals surface area contributed by atoms with Gasteiger partial charge in [-0.05, 0) is 23.6 Å². The molecule has 0 radical (unpaired) electrons. The Balaban J connectivity index is 2.04. The number of halogens is 2. The van der Waals surface area contributed by atoms with Gasteiger partial charge in [0.2, 0.25) is 0 Å². The van der Waals surface area contributed by atoms with Gasteiger partial charge in [-0.15, -0.1) is 0 Å². The molecule has 1 aromatic rings. The minimum Gasteiger partial charge on any atom is -0.350 e. The summed E-state index contributed by atoms with van der Waals surface area (Å²) in [4.78, 5) is 0. The van der Waals surface area contributed by atoms with Crippen molar-refractivity contribution in [2.75, 3.05) is 13.2 Å². The largest absolute Gasteiger partial charge is 0.350 e. The van der Waals surface area contributed by atoms with Crippen molar-refractivity contribution in [3.63, 3.8) is 0 Å². The van der Waals surface area contributed by atoms with E-state index in [2.05, 4.69) is 6.92 Å². The molecule has 0 aliphatic carbocycles. The molecule has 2 nitrogen and oxygen atoms in total. The van der Waals surface area contributed by atoms with Gasteiger partial charge in [0, 0.05) is 16.5 Å². The maximum Gasteiger partial charge on any atom is 0.158 e. The zero-order chi connectivity index (χ0) is 11.5. The van der Waals surface area contributed by atoms with Crippen LogP contribution in [0.5, 0.6) is 0 Å². The lowest BCUT2D eigenvalue weighted by Crippen LogP contribution is -2.11. The molecule has 4 heteroatoms. The van der Waals surface area contributed by atoms with E-state index in [1.54, 1.807) is 6.07 Å². The third-order valence-corrected chi connectivity index (χ3v) is 3.29. The first-order chi connectivity index (χ1) is 7.66. The van der Waals surface area contributed by atoms with E-state index >= 15 is 0 Å². The van der Waals surface area contributed by atoms with E-state index in [1.807, 2.05) is 12.1 Å². The second-order valence-corrected chi connectivity index (χ2v) is 4.82. The van der Waals surface area contributed by atoms with Crippen LogP contribution in [0.25, 0.3) is 0 Å². The van der Waals surface area contributed by atoms with Crippen LogP contribution < -0.4 is 0 Å². The predicted octanol–water partition coefficient (Wildman–Crippen LogP) is 3.86. The SMILES string of the molecule is CC(CC1OCCO1)c1ccc(Cl)cc1Cl. The van der Waals surface area contributed by atoms with Crippen LogP contribution in [0.2, 0.25) is 10.0 Å². The highest BCUT2D eigenvalue weighted by atomic mass is 35.5. The normalized spacial score (nSPS) is 18.9. The van der Waals surface area contributed by atoms with Gasteiger partial charge in [-0.25, -0.2) is 0 Å². The first-order valence-electron chi connectivity index (χ1n) is 5.35. The van der Waals surface area contributed by atoms with Crippen LogP contribution in [0, 0.1) is 0 Å². The molecule has 0 aromatic heterocycles. The summed E-state index contributed by atoms with van der Waals surface area (Å²) in [6.07, 6.45) is 0.725. The minimum absolute atomic E-state index is 0.0956. The smallest absolute Gasteiger partial charge is 0.158 e. The van der Waals surface area contributed by atoms with Crippen LogP contribution in [-0.2, 0) is 9.47 Å². The van der Waals surface area contributed by atoms with Crippen LogP contribution >= 0.6 is 23.2 Å². The Kier molecular flexibility index (Phi) is 4.09. The van der Waals surface area contributed by atoms with Gasteiger partial charge < -0.3 is 9.47 Å². The van der Waals surface area contributed by atoms with Crippen molar-refractivity contribution in [3.05, 3.63) is 33.8 Å². The first-order valence-corrected chi connectivity index (χ1v) is 6.10. The van der Waals surface area contributed by atoms with Crippen molar-refractivity contribution in [2.24, 2.45) is 0 Å². The number of hydrogen-bond donors (Lipinski definition) is 0. The molecule has 0 spiro atoms. The highest BCUT2D eigenvalue weighted by molar-refractivity contribution is 6.35. The first kappa shape index (κ1) is 12.2. The van der Waals surface area contributed by atoms with E-state index in [4.69, 9.17) is 32.7 Å². The third kappa shape index (κ3) is 2.89. The van der Waals surface area contributed by atoms with Gasteiger partial charge >= 0.3 is 0 Å². The number of hydrogen-bond acceptors (Lipinski definition) is 2. The van der Waals surface area contributed by atoms with E-state index in [9.17, 15) is 0 Å². The molecule has 1 unspecified atom stereocenters. The second-order valence-electron chi connectivity index (χ2n) is 3.97. The van der Waals surface area contributed by atoms with Gasteiger partial charge in [0.05, 0.1) is 13.2 Å². The summed E-state index contributed by atoms with van der Waals surface area (Å²) in [5.74, 6) is 0.299. The van der Waals surface area contributed by atoms with E-state index in [0.29, 0.717) is 29.2 Å². The zero-order valence-electron chi connectivity index (χ0n) is 9.08. The van der Waals surface area contributed by atoms with Crippen LogP contribution in [0.4, 0.5) is 0 Å². The van der Waals surface area contributed by atoms with Crippen LogP contribution in [0.15, 0.2) is 18.2 Å². The van der Waals surface area contributed by atoms with E-state index < -0.39 is 0 Å². The lowest BCUT2D eigenvalue weighted by Gasteiger charge is -2.17. The van der Waals surface area contributed by atoms with Gasteiger partial charge in [0.1, 0.15) is 0 Å². The molecule has 1 aromatic carbocycles. The summed E-state index contributed by atoms with van der Waals surface area (Å²) >= 11 is 12.0. The van der Waals surface area contributed by atoms with Crippen LogP contribution in [0.3, 0.4) is 0 Å². The maximum absolute atomic E-state index is 6.14. The Morgan fingerprint density at radius 3 is 2.62 bits per heavy atom. The molecule has 1 atom stereocenters. The predicted molar refractivity (Wildman–Crippen MR) is 65.2 cm³/mol. The Bertz CT molecular complexity index is 362. The Morgan fingerprint density at radius 1 is 1.31 bits per heavy atom. The fraction of sp³-hybridized carbons (Fsp3) is 0.500. The Labute approximate surface area is 105 Å². The summed E-state index contributed by atoms with van der Waals surface area (Å²) in [5, 5.41) is 1.37. The lowest BCUT2D eigenvalue weighted by molar-refractivity contribution is -0.0501. The maximum atomic E-state index is 6.14. The van der Waals surface area contributed by atoms with Crippen molar-refractivity contribution < 1.29 is 9.47 Å². The van der Waals surface area contributed by atoms with Crippen LogP contribution in [-0.4, -0.2) is 19.5 Å². The minimum atomic E-state index is -0.0956. The Morgan fingerprint density at radius 2 is 2.00 bits per heavy atom. The van der Waals surface area contributed by atoms with Crippen molar-refractivity contribution in [3.8, 4) is 0 Å². The Hall–Kier alpha value is -0.280. The second kappa shape index (κ2) is 5.37. The lowest BCUT2D eigenvalue weighted by atomic mass is 9.97. The zero-order valence-corrected chi connectivity index (χ0v) is 10.6. The van der Waals surface area contributed by atoms with Gasteiger partial charge in [-0.2, -0.15) is 0 Å². The van der Waals surface area contributed by atoms with E-state index in [0.717, 1.165) is 12.0 Å². The molecular formula is C12H14Cl2O2. The number of ether oxygens (including phenoxy) is 2. The van der Waals surface area contributed by atoms with Crippen LogP contribution in [0.1, 0.15) is 24.8 Å². The van der Waals surface area contributed by atoms with E-state index in [-0.39, 0.29) is 6.29 Å². The fourth-order valence-electron chi connectivity index (χ4n) is 1.86. The molecule has 0 N–H and O–H groups in total. The van der Waals surface area contributed by atoms with Gasteiger partial charge in [0.25, 0.3) is 0 Å². The van der Waals surface area contributed by atoms with E-state index in [1.165, 1.54) is 0 Å². The summed E-state index contributed by atoms with van der Waals surface area (Å²) in [7, 11) is 0. The van der Waals surface area contributed by atoms with Crippen molar-refractivity contribution in [2.45, 2.75) is 25.6 Å². The quantitative estimate of drug-likeness (QED) is 0.822. The molecule has 1 saturated heterocycles. The highest BCUT2D eigenvalue weighted by Crippen LogP contribution is 2.31. The summed E-state index contributed by atoms with van der Waals surface area (Å²) in [5.41, 5.74) is 1.09. The molecule has 1 aliphatic heterocycles. The molecule has 1 aliphatic rings. The van der Waals surface area contributed by atoms with Gasteiger partial charge in [-0.3, -0.25) is 0 Å². The number of rotatable bonds is 3. The average Bonchev–Trinajstić information content (AvgIpc) is 2.70. The van der Waals surface area contributed by atoms with Gasteiger partial charge in [0.15, 0.2) is 6.29 Å². The summed E-state index contributed by atoms with van der Waals surface area (Å²) in [6, 6.07) is 5.59. The average molecular weight is 261 g/mol. The molecule has 2 rings (SSSR count). The molecule has 0 amide bonds. The summed E-state index contributed by atoms with van der Waals surface area (Å²) < 4.78 is 10.8. The van der Waals surface area contributed by atoms with Crippen molar-refractivity contribution in [1.82, 2.24) is 0 Å². The molecular weight excluding hydrogens is 247 g/mol. The molecule has 0 saturated carbocycles. The molecule has 88 valence electrons.